The summed E-state index contributed by atoms with van der Waals surface area (Å²) in [5, 5.41) is 10.6. The van der Waals surface area contributed by atoms with Crippen molar-refractivity contribution in [3.8, 4) is 5.75 Å². The van der Waals surface area contributed by atoms with Gasteiger partial charge in [-0.05, 0) is 30.3 Å². The second-order valence-electron chi connectivity index (χ2n) is 6.75. The minimum atomic E-state index is 0.140. The summed E-state index contributed by atoms with van der Waals surface area (Å²) < 4.78 is 2.98. The number of thioether (sulfide) groups is 1. The van der Waals surface area contributed by atoms with Gasteiger partial charge in [0, 0.05) is 26.2 Å². The summed E-state index contributed by atoms with van der Waals surface area (Å²) in [7, 11) is 0. The van der Waals surface area contributed by atoms with E-state index in [1.54, 1.807) is 29.5 Å². The number of hydrogen-bond acceptors (Lipinski definition) is 8. The highest BCUT2D eigenvalue weighted by molar-refractivity contribution is 8.01. The van der Waals surface area contributed by atoms with Gasteiger partial charge in [0.2, 0.25) is 5.91 Å². The fraction of sp³-hybridized carbons (Fsp3) is 0.250. The molecule has 1 aliphatic heterocycles. The van der Waals surface area contributed by atoms with E-state index >= 15 is 0 Å². The zero-order chi connectivity index (χ0) is 19.8. The monoisotopic (exact) mass is 442 g/mol. The fourth-order valence-electron chi connectivity index (χ4n) is 3.31. The molecule has 2 aromatic heterocycles. The molecule has 1 saturated heterocycles. The zero-order valence-electron chi connectivity index (χ0n) is 15.4. The van der Waals surface area contributed by atoms with Crippen molar-refractivity contribution in [1.82, 2.24) is 14.9 Å². The number of benzene rings is 2. The largest absolute Gasteiger partial charge is 0.508 e. The van der Waals surface area contributed by atoms with E-state index < -0.39 is 0 Å². The Bertz CT molecular complexity index is 1150. The molecule has 9 heteroatoms. The third-order valence-electron chi connectivity index (χ3n) is 4.86. The van der Waals surface area contributed by atoms with Crippen LogP contribution in [0.1, 0.15) is 0 Å². The fourth-order valence-corrected chi connectivity index (χ4v) is 6.33. The summed E-state index contributed by atoms with van der Waals surface area (Å²) in [5.74, 6) is 0.758. The minimum Gasteiger partial charge on any atom is -0.508 e. The number of rotatable bonds is 4. The van der Waals surface area contributed by atoms with Crippen molar-refractivity contribution in [2.75, 3.05) is 36.8 Å². The average Bonchev–Trinajstić information content (AvgIpc) is 3.35. The Hall–Kier alpha value is -2.36. The molecule has 0 spiro atoms. The molecule has 0 aliphatic carbocycles. The van der Waals surface area contributed by atoms with Gasteiger partial charge in [0.15, 0.2) is 9.47 Å². The standard InChI is InChI=1S/C20H18N4O2S3/c25-13-5-6-15-17(11-13)29-20(22-15)27-12-18(26)23-7-9-24(10-8-23)19-21-14-3-1-2-4-16(14)28-19/h1-6,11,25H,7-10,12H2. The number of hydrogen-bond donors (Lipinski definition) is 1. The number of aromatic hydroxyl groups is 1. The minimum absolute atomic E-state index is 0.140. The van der Waals surface area contributed by atoms with Gasteiger partial charge in [-0.1, -0.05) is 35.2 Å². The molecule has 0 bridgehead atoms. The SMILES string of the molecule is O=C(CSc1nc2ccc(O)cc2s1)N1CCN(c2nc3ccccc3s2)CC1. The maximum atomic E-state index is 12.6. The number of carbonyl (C=O) groups is 1. The van der Waals surface area contributed by atoms with Gasteiger partial charge in [-0.25, -0.2) is 9.97 Å². The number of anilines is 1. The Labute approximate surface area is 179 Å². The second kappa shape index (κ2) is 7.81. The molecule has 6 nitrogen and oxygen atoms in total. The Morgan fingerprint density at radius 1 is 1.00 bits per heavy atom. The number of aromatic nitrogens is 2. The highest BCUT2D eigenvalue weighted by Crippen LogP contribution is 2.32. The molecule has 148 valence electrons. The molecule has 1 N–H and O–H groups in total. The summed E-state index contributed by atoms with van der Waals surface area (Å²) in [4.78, 5) is 26.1. The van der Waals surface area contributed by atoms with Crippen molar-refractivity contribution in [2.24, 2.45) is 0 Å². The number of thiazole rings is 2. The molecule has 2 aromatic carbocycles. The van der Waals surface area contributed by atoms with Crippen LogP contribution in [0.15, 0.2) is 46.8 Å². The van der Waals surface area contributed by atoms with E-state index in [1.165, 1.54) is 27.8 Å². The first-order chi connectivity index (χ1) is 14.2. The first-order valence-electron chi connectivity index (χ1n) is 9.26. The van der Waals surface area contributed by atoms with Crippen LogP contribution in [-0.4, -0.2) is 57.8 Å². The summed E-state index contributed by atoms with van der Waals surface area (Å²) in [6.07, 6.45) is 0. The van der Waals surface area contributed by atoms with Gasteiger partial charge in [-0.3, -0.25) is 4.79 Å². The number of fused-ring (bicyclic) bond motifs is 2. The Morgan fingerprint density at radius 3 is 2.62 bits per heavy atom. The number of phenolic OH excluding ortho intramolecular Hbond substituents is 1. The quantitative estimate of drug-likeness (QED) is 0.481. The molecule has 0 atom stereocenters. The van der Waals surface area contributed by atoms with Crippen LogP contribution in [0, 0.1) is 0 Å². The van der Waals surface area contributed by atoms with Gasteiger partial charge >= 0.3 is 0 Å². The highest BCUT2D eigenvalue weighted by Gasteiger charge is 2.23. The van der Waals surface area contributed by atoms with Crippen molar-refractivity contribution in [3.05, 3.63) is 42.5 Å². The molecule has 1 fully saturated rings. The molecule has 1 amide bonds. The number of phenols is 1. The van der Waals surface area contributed by atoms with Gasteiger partial charge < -0.3 is 14.9 Å². The number of amides is 1. The van der Waals surface area contributed by atoms with E-state index in [1.807, 2.05) is 23.1 Å². The predicted molar refractivity (Wildman–Crippen MR) is 120 cm³/mol. The van der Waals surface area contributed by atoms with Crippen LogP contribution in [0.25, 0.3) is 20.4 Å². The molecule has 3 heterocycles. The van der Waals surface area contributed by atoms with Crippen LogP contribution in [0.4, 0.5) is 5.13 Å². The van der Waals surface area contributed by atoms with E-state index in [0.29, 0.717) is 18.8 Å². The molecular formula is C20H18N4O2S3. The molecule has 4 aromatic rings. The first-order valence-corrected chi connectivity index (χ1v) is 11.9. The van der Waals surface area contributed by atoms with E-state index in [4.69, 9.17) is 4.98 Å². The smallest absolute Gasteiger partial charge is 0.233 e. The van der Waals surface area contributed by atoms with E-state index in [0.717, 1.165) is 38.3 Å². The molecule has 1 aliphatic rings. The van der Waals surface area contributed by atoms with Gasteiger partial charge in [0.25, 0.3) is 0 Å². The van der Waals surface area contributed by atoms with Gasteiger partial charge in [0.1, 0.15) is 5.75 Å². The van der Waals surface area contributed by atoms with Crippen LogP contribution in [0.2, 0.25) is 0 Å². The molecule has 5 rings (SSSR count). The third kappa shape index (κ3) is 3.90. The predicted octanol–water partition coefficient (Wildman–Crippen LogP) is 4.05. The van der Waals surface area contributed by atoms with Gasteiger partial charge in [0.05, 0.1) is 26.2 Å². The van der Waals surface area contributed by atoms with Crippen LogP contribution in [0.3, 0.4) is 0 Å². The van der Waals surface area contributed by atoms with E-state index in [2.05, 4.69) is 16.0 Å². The Balaban J connectivity index is 1.17. The topological polar surface area (TPSA) is 69.6 Å². The van der Waals surface area contributed by atoms with Crippen molar-refractivity contribution < 1.29 is 9.90 Å². The van der Waals surface area contributed by atoms with E-state index in [9.17, 15) is 9.90 Å². The normalized spacial score (nSPS) is 14.8. The van der Waals surface area contributed by atoms with Crippen molar-refractivity contribution in [2.45, 2.75) is 4.34 Å². The van der Waals surface area contributed by atoms with Crippen LogP contribution < -0.4 is 4.90 Å². The molecule has 0 unspecified atom stereocenters. The Morgan fingerprint density at radius 2 is 1.79 bits per heavy atom. The summed E-state index contributed by atoms with van der Waals surface area (Å²) in [5.41, 5.74) is 1.89. The summed E-state index contributed by atoms with van der Waals surface area (Å²) in [6.45, 7) is 3.03. The lowest BCUT2D eigenvalue weighted by atomic mass is 10.3. The zero-order valence-corrected chi connectivity index (χ0v) is 17.9. The average molecular weight is 443 g/mol. The van der Waals surface area contributed by atoms with Gasteiger partial charge in [-0.15, -0.1) is 11.3 Å². The van der Waals surface area contributed by atoms with Crippen molar-refractivity contribution in [1.29, 1.82) is 0 Å². The first kappa shape index (κ1) is 18.7. The lowest BCUT2D eigenvalue weighted by Crippen LogP contribution is -2.49. The maximum absolute atomic E-state index is 12.6. The number of para-hydroxylation sites is 1. The Kier molecular flexibility index (Phi) is 5.03. The third-order valence-corrected chi connectivity index (χ3v) is 8.10. The van der Waals surface area contributed by atoms with Crippen LogP contribution in [0.5, 0.6) is 5.75 Å². The summed E-state index contributed by atoms with van der Waals surface area (Å²) >= 11 is 4.68. The maximum Gasteiger partial charge on any atom is 0.233 e. The number of carbonyl (C=O) groups excluding carboxylic acids is 1. The van der Waals surface area contributed by atoms with Crippen LogP contribution >= 0.6 is 34.4 Å². The number of nitrogens with zero attached hydrogens (tertiary/aromatic N) is 4. The van der Waals surface area contributed by atoms with Crippen molar-refractivity contribution in [3.63, 3.8) is 0 Å². The second-order valence-corrected chi connectivity index (χ2v) is 10.0. The van der Waals surface area contributed by atoms with E-state index in [-0.39, 0.29) is 11.7 Å². The lowest BCUT2D eigenvalue weighted by molar-refractivity contribution is -0.128. The highest BCUT2D eigenvalue weighted by atomic mass is 32.2. The molecule has 29 heavy (non-hydrogen) atoms. The molecular weight excluding hydrogens is 424 g/mol. The molecule has 0 saturated carbocycles. The summed E-state index contributed by atoms with van der Waals surface area (Å²) in [6, 6.07) is 13.3. The number of piperazine rings is 1. The lowest BCUT2D eigenvalue weighted by Gasteiger charge is -2.34. The molecule has 0 radical (unpaired) electrons. The van der Waals surface area contributed by atoms with Crippen LogP contribution in [-0.2, 0) is 4.79 Å². The van der Waals surface area contributed by atoms with Crippen molar-refractivity contribution >= 4 is 65.9 Å². The van der Waals surface area contributed by atoms with Gasteiger partial charge in [-0.2, -0.15) is 0 Å².